The third-order valence-electron chi connectivity index (χ3n) is 3.66. The summed E-state index contributed by atoms with van der Waals surface area (Å²) in [4.78, 5) is 0. The predicted octanol–water partition coefficient (Wildman–Crippen LogP) is 2.05. The molecule has 1 unspecified atom stereocenters. The largest absolute Gasteiger partial charge is 0.508 e. The number of phenols is 2. The van der Waals surface area contributed by atoms with Crippen molar-refractivity contribution in [2.75, 3.05) is 0 Å². The van der Waals surface area contributed by atoms with Gasteiger partial charge < -0.3 is 20.6 Å². The van der Waals surface area contributed by atoms with Gasteiger partial charge in [0.05, 0.1) is 6.10 Å². The Bertz CT molecular complexity index is 400. The van der Waals surface area contributed by atoms with Gasteiger partial charge in [-0.05, 0) is 38.7 Å². The summed E-state index contributed by atoms with van der Waals surface area (Å²) < 4.78 is 0. The number of phenolic OH excluding ortho intramolecular Hbond substituents is 2. The van der Waals surface area contributed by atoms with Gasteiger partial charge in [0.25, 0.3) is 0 Å². The summed E-state index contributed by atoms with van der Waals surface area (Å²) in [5.41, 5.74) is 0.791. The highest BCUT2D eigenvalue weighted by Gasteiger charge is 2.21. The molecule has 0 spiro atoms. The number of nitrogens with one attached hydrogen (secondary N) is 1. The quantitative estimate of drug-likeness (QED) is 0.663. The van der Waals surface area contributed by atoms with Crippen molar-refractivity contribution in [2.24, 2.45) is 0 Å². The second kappa shape index (κ2) is 5.59. The van der Waals surface area contributed by atoms with E-state index >= 15 is 0 Å². The van der Waals surface area contributed by atoms with Gasteiger partial charge >= 0.3 is 0 Å². The second-order valence-electron chi connectivity index (χ2n) is 5.14. The van der Waals surface area contributed by atoms with E-state index in [0.717, 1.165) is 31.2 Å². The summed E-state index contributed by atoms with van der Waals surface area (Å²) in [6.45, 7) is 2.00. The predicted molar refractivity (Wildman–Crippen MR) is 69.6 cm³/mol. The molecule has 4 N–H and O–H groups in total. The molecule has 0 aromatic heterocycles. The topological polar surface area (TPSA) is 72.7 Å². The molecule has 0 aliphatic heterocycles. The maximum atomic E-state index is 9.79. The first-order valence-corrected chi connectivity index (χ1v) is 6.52. The Labute approximate surface area is 107 Å². The highest BCUT2D eigenvalue weighted by atomic mass is 16.3. The molecule has 1 fully saturated rings. The third-order valence-corrected chi connectivity index (χ3v) is 3.66. The Kier molecular flexibility index (Phi) is 4.09. The van der Waals surface area contributed by atoms with Crippen molar-refractivity contribution in [1.29, 1.82) is 0 Å². The first kappa shape index (κ1) is 13.2. The molecule has 0 saturated heterocycles. The van der Waals surface area contributed by atoms with E-state index in [0.29, 0.717) is 6.04 Å². The molecule has 4 heteroatoms. The number of rotatable bonds is 3. The zero-order valence-electron chi connectivity index (χ0n) is 10.6. The van der Waals surface area contributed by atoms with Crippen molar-refractivity contribution in [3.05, 3.63) is 23.8 Å². The molecule has 18 heavy (non-hydrogen) atoms. The van der Waals surface area contributed by atoms with Gasteiger partial charge in [0.1, 0.15) is 11.5 Å². The van der Waals surface area contributed by atoms with Crippen LogP contribution in [0.4, 0.5) is 0 Å². The van der Waals surface area contributed by atoms with Crippen LogP contribution in [0.2, 0.25) is 0 Å². The number of aliphatic hydroxyl groups excluding tert-OH is 1. The molecule has 4 nitrogen and oxygen atoms in total. The molecule has 1 aromatic rings. The van der Waals surface area contributed by atoms with Crippen LogP contribution in [0.15, 0.2) is 18.2 Å². The molecular weight excluding hydrogens is 230 g/mol. The number of hydrogen-bond acceptors (Lipinski definition) is 4. The van der Waals surface area contributed by atoms with Gasteiger partial charge in [0.2, 0.25) is 0 Å². The number of aliphatic hydroxyl groups is 1. The van der Waals surface area contributed by atoms with Crippen LogP contribution < -0.4 is 5.32 Å². The zero-order valence-corrected chi connectivity index (χ0v) is 10.6. The average molecular weight is 251 g/mol. The molecule has 2 rings (SSSR count). The summed E-state index contributed by atoms with van der Waals surface area (Å²) >= 11 is 0. The fourth-order valence-electron chi connectivity index (χ4n) is 2.58. The minimum Gasteiger partial charge on any atom is -0.508 e. The monoisotopic (exact) mass is 251 g/mol. The van der Waals surface area contributed by atoms with E-state index in [1.54, 1.807) is 12.1 Å². The van der Waals surface area contributed by atoms with Crippen molar-refractivity contribution in [2.45, 2.75) is 50.8 Å². The van der Waals surface area contributed by atoms with Gasteiger partial charge in [0, 0.05) is 23.7 Å². The molecule has 0 heterocycles. The molecule has 100 valence electrons. The normalized spacial score (nSPS) is 25.9. The van der Waals surface area contributed by atoms with Gasteiger partial charge in [-0.25, -0.2) is 0 Å². The van der Waals surface area contributed by atoms with Gasteiger partial charge in [0.15, 0.2) is 0 Å². The van der Waals surface area contributed by atoms with Gasteiger partial charge in [-0.1, -0.05) is 6.07 Å². The number of hydrogen-bond donors (Lipinski definition) is 4. The summed E-state index contributed by atoms with van der Waals surface area (Å²) in [6, 6.07) is 5.10. The number of benzene rings is 1. The van der Waals surface area contributed by atoms with Crippen molar-refractivity contribution in [1.82, 2.24) is 5.32 Å². The van der Waals surface area contributed by atoms with E-state index in [1.165, 1.54) is 6.07 Å². The molecule has 1 aromatic carbocycles. The molecule has 0 radical (unpaired) electrons. The Balaban J connectivity index is 1.97. The van der Waals surface area contributed by atoms with Crippen LogP contribution in [0.5, 0.6) is 11.5 Å². The molecule has 1 saturated carbocycles. The second-order valence-corrected chi connectivity index (χ2v) is 5.14. The molecule has 0 bridgehead atoms. The van der Waals surface area contributed by atoms with Crippen LogP contribution in [0.3, 0.4) is 0 Å². The fourth-order valence-corrected chi connectivity index (χ4v) is 2.58. The standard InChI is InChI=1S/C14H21NO3/c1-9(13-7-6-12(17)8-14(13)18)15-10-2-4-11(16)5-3-10/h6-11,15-18H,2-5H2,1H3. The lowest BCUT2D eigenvalue weighted by Crippen LogP contribution is -2.36. The van der Waals surface area contributed by atoms with E-state index in [4.69, 9.17) is 0 Å². The highest BCUT2D eigenvalue weighted by molar-refractivity contribution is 5.40. The first-order valence-electron chi connectivity index (χ1n) is 6.52. The van der Waals surface area contributed by atoms with Crippen LogP contribution in [-0.2, 0) is 0 Å². The van der Waals surface area contributed by atoms with Crippen molar-refractivity contribution >= 4 is 0 Å². The maximum absolute atomic E-state index is 9.79. The van der Waals surface area contributed by atoms with E-state index in [9.17, 15) is 15.3 Å². The number of aromatic hydroxyl groups is 2. The van der Waals surface area contributed by atoms with Crippen LogP contribution in [0.1, 0.15) is 44.2 Å². The summed E-state index contributed by atoms with van der Waals surface area (Å²) in [7, 11) is 0. The molecule has 1 aliphatic carbocycles. The summed E-state index contributed by atoms with van der Waals surface area (Å²) in [5, 5.41) is 32.0. The third kappa shape index (κ3) is 3.15. The molecule has 1 aliphatic rings. The van der Waals surface area contributed by atoms with Crippen LogP contribution in [-0.4, -0.2) is 27.5 Å². The van der Waals surface area contributed by atoms with Crippen LogP contribution >= 0.6 is 0 Å². The lowest BCUT2D eigenvalue weighted by atomic mass is 9.92. The molecule has 1 atom stereocenters. The van der Waals surface area contributed by atoms with Gasteiger partial charge in [-0.2, -0.15) is 0 Å². The van der Waals surface area contributed by atoms with Gasteiger partial charge in [-0.3, -0.25) is 0 Å². The smallest absolute Gasteiger partial charge is 0.124 e. The fraction of sp³-hybridized carbons (Fsp3) is 0.571. The van der Waals surface area contributed by atoms with E-state index in [2.05, 4.69) is 5.32 Å². The molecular formula is C14H21NO3. The Hall–Kier alpha value is -1.26. The lowest BCUT2D eigenvalue weighted by Gasteiger charge is -2.29. The van der Waals surface area contributed by atoms with Crippen molar-refractivity contribution in [3.63, 3.8) is 0 Å². The summed E-state index contributed by atoms with van der Waals surface area (Å²) in [6.07, 6.45) is 3.45. The van der Waals surface area contributed by atoms with Gasteiger partial charge in [-0.15, -0.1) is 0 Å². The van der Waals surface area contributed by atoms with Crippen molar-refractivity contribution < 1.29 is 15.3 Å². The summed E-state index contributed by atoms with van der Waals surface area (Å²) in [5.74, 6) is 0.190. The Morgan fingerprint density at radius 2 is 1.83 bits per heavy atom. The van der Waals surface area contributed by atoms with E-state index < -0.39 is 0 Å². The molecule has 0 amide bonds. The minimum atomic E-state index is -0.152. The maximum Gasteiger partial charge on any atom is 0.124 e. The van der Waals surface area contributed by atoms with E-state index in [1.807, 2.05) is 6.92 Å². The zero-order chi connectivity index (χ0) is 13.1. The highest BCUT2D eigenvalue weighted by Crippen LogP contribution is 2.29. The first-order chi connectivity index (χ1) is 8.56. The Morgan fingerprint density at radius 1 is 1.17 bits per heavy atom. The van der Waals surface area contributed by atoms with E-state index in [-0.39, 0.29) is 23.6 Å². The Morgan fingerprint density at radius 3 is 2.44 bits per heavy atom. The van der Waals surface area contributed by atoms with Crippen LogP contribution in [0.25, 0.3) is 0 Å². The minimum absolute atomic E-state index is 0.0332. The lowest BCUT2D eigenvalue weighted by molar-refractivity contribution is 0.114. The SMILES string of the molecule is CC(NC1CCC(O)CC1)c1ccc(O)cc1O. The van der Waals surface area contributed by atoms with Crippen molar-refractivity contribution in [3.8, 4) is 11.5 Å². The van der Waals surface area contributed by atoms with Crippen LogP contribution in [0, 0.1) is 0 Å². The average Bonchev–Trinajstić information content (AvgIpc) is 2.32.